The van der Waals surface area contributed by atoms with Crippen LogP contribution in [-0.2, 0) is 4.74 Å². The molecule has 4 rings (SSSR count). The second-order valence-electron chi connectivity index (χ2n) is 6.70. The summed E-state index contributed by atoms with van der Waals surface area (Å²) in [5.41, 5.74) is 7.74. The van der Waals surface area contributed by atoms with Crippen LogP contribution in [0.3, 0.4) is 0 Å². The van der Waals surface area contributed by atoms with Crippen molar-refractivity contribution in [3.05, 3.63) is 29.8 Å². The monoisotopic (exact) mass is 273 g/mol. The average molecular weight is 273 g/mol. The maximum atomic E-state index is 6.20. The van der Waals surface area contributed by atoms with Crippen LogP contribution in [0.25, 0.3) is 0 Å². The van der Waals surface area contributed by atoms with Crippen molar-refractivity contribution in [1.29, 1.82) is 0 Å². The fourth-order valence-corrected chi connectivity index (χ4v) is 4.15. The van der Waals surface area contributed by atoms with Gasteiger partial charge in [0.25, 0.3) is 0 Å². The molecule has 1 saturated heterocycles. The molecule has 3 heteroatoms. The Bertz CT molecular complexity index is 500. The summed E-state index contributed by atoms with van der Waals surface area (Å²) in [4.78, 5) is 0. The van der Waals surface area contributed by atoms with Gasteiger partial charge >= 0.3 is 0 Å². The maximum absolute atomic E-state index is 6.20. The quantitative estimate of drug-likeness (QED) is 0.917. The van der Waals surface area contributed by atoms with E-state index in [1.54, 1.807) is 0 Å². The van der Waals surface area contributed by atoms with E-state index >= 15 is 0 Å². The van der Waals surface area contributed by atoms with E-state index in [0.717, 1.165) is 44.3 Å². The summed E-state index contributed by atoms with van der Waals surface area (Å²) in [6, 6.07) is 8.44. The molecule has 1 aliphatic carbocycles. The molecule has 0 radical (unpaired) electrons. The highest BCUT2D eigenvalue weighted by atomic mass is 16.5. The molecule has 2 fully saturated rings. The lowest BCUT2D eigenvalue weighted by atomic mass is 9.71. The minimum atomic E-state index is 0.173. The van der Waals surface area contributed by atoms with Gasteiger partial charge in [-0.3, -0.25) is 0 Å². The van der Waals surface area contributed by atoms with Crippen LogP contribution in [0, 0.1) is 11.3 Å². The molecule has 3 aliphatic rings. The van der Waals surface area contributed by atoms with Crippen molar-refractivity contribution in [1.82, 2.24) is 0 Å². The van der Waals surface area contributed by atoms with Crippen LogP contribution in [0.2, 0.25) is 0 Å². The smallest absolute Gasteiger partial charge is 0.122 e. The Morgan fingerprint density at radius 1 is 1.25 bits per heavy atom. The van der Waals surface area contributed by atoms with Gasteiger partial charge in [-0.25, -0.2) is 0 Å². The molecule has 0 aromatic heterocycles. The molecule has 3 atom stereocenters. The van der Waals surface area contributed by atoms with Crippen LogP contribution < -0.4 is 10.5 Å². The van der Waals surface area contributed by atoms with E-state index < -0.39 is 0 Å². The summed E-state index contributed by atoms with van der Waals surface area (Å²) in [7, 11) is 0. The minimum Gasteiger partial charge on any atom is -0.493 e. The first-order chi connectivity index (χ1) is 9.82. The van der Waals surface area contributed by atoms with Gasteiger partial charge in [-0.15, -0.1) is 0 Å². The van der Waals surface area contributed by atoms with E-state index in [-0.39, 0.29) is 5.41 Å². The van der Waals surface area contributed by atoms with Crippen molar-refractivity contribution in [3.63, 3.8) is 0 Å². The molecule has 20 heavy (non-hydrogen) atoms. The summed E-state index contributed by atoms with van der Waals surface area (Å²) >= 11 is 0. The second kappa shape index (κ2) is 4.74. The number of hydrogen-bond donors (Lipinski definition) is 1. The van der Waals surface area contributed by atoms with Gasteiger partial charge in [-0.05, 0) is 37.7 Å². The Kier molecular flexibility index (Phi) is 3.00. The van der Waals surface area contributed by atoms with E-state index in [2.05, 4.69) is 18.2 Å². The number of nitrogens with two attached hydrogens (primary N) is 1. The molecule has 1 saturated carbocycles. The molecule has 0 amide bonds. The molecule has 0 spiro atoms. The minimum absolute atomic E-state index is 0.173. The van der Waals surface area contributed by atoms with Gasteiger partial charge in [0.05, 0.1) is 12.7 Å². The van der Waals surface area contributed by atoms with Gasteiger partial charge < -0.3 is 15.2 Å². The Morgan fingerprint density at radius 3 is 2.90 bits per heavy atom. The zero-order valence-corrected chi connectivity index (χ0v) is 11.9. The van der Waals surface area contributed by atoms with Crippen molar-refractivity contribution in [3.8, 4) is 5.75 Å². The lowest BCUT2D eigenvalue weighted by molar-refractivity contribution is 0.0262. The Morgan fingerprint density at radius 2 is 2.10 bits per heavy atom. The first-order valence-corrected chi connectivity index (χ1v) is 7.86. The van der Waals surface area contributed by atoms with Crippen LogP contribution in [0.5, 0.6) is 5.75 Å². The van der Waals surface area contributed by atoms with Crippen molar-refractivity contribution in [2.45, 2.75) is 37.7 Å². The molecule has 3 unspecified atom stereocenters. The summed E-state index contributed by atoms with van der Waals surface area (Å²) in [5.74, 6) is 2.31. The molecule has 2 aliphatic heterocycles. The molecule has 1 aromatic carbocycles. The van der Waals surface area contributed by atoms with Crippen molar-refractivity contribution >= 4 is 0 Å². The predicted molar refractivity (Wildman–Crippen MR) is 77.9 cm³/mol. The number of hydrogen-bond acceptors (Lipinski definition) is 3. The first-order valence-electron chi connectivity index (χ1n) is 7.86. The zero-order valence-electron chi connectivity index (χ0n) is 11.9. The number of benzene rings is 1. The zero-order chi connectivity index (χ0) is 13.6. The average Bonchev–Trinajstić information content (AvgIpc) is 3.12. The van der Waals surface area contributed by atoms with Gasteiger partial charge in [-0.1, -0.05) is 18.2 Å². The number of ether oxygens (including phenoxy) is 2. The van der Waals surface area contributed by atoms with Crippen LogP contribution in [0.4, 0.5) is 0 Å². The van der Waals surface area contributed by atoms with Crippen LogP contribution in [0.15, 0.2) is 24.3 Å². The molecule has 0 bridgehead atoms. The van der Waals surface area contributed by atoms with Crippen molar-refractivity contribution in [2.75, 3.05) is 19.8 Å². The predicted octanol–water partition coefficient (Wildman–Crippen LogP) is 2.70. The van der Waals surface area contributed by atoms with Crippen LogP contribution in [-0.4, -0.2) is 25.9 Å². The van der Waals surface area contributed by atoms with E-state index in [1.807, 2.05) is 6.07 Å². The molecule has 3 nitrogen and oxygen atoms in total. The number of fused-ring (bicyclic) bond motifs is 1. The topological polar surface area (TPSA) is 44.5 Å². The molecular weight excluding hydrogens is 250 g/mol. The van der Waals surface area contributed by atoms with Crippen LogP contribution in [0.1, 0.15) is 37.2 Å². The fraction of sp³-hybridized carbons (Fsp3) is 0.647. The number of para-hydroxylation sites is 1. The highest BCUT2D eigenvalue weighted by Crippen LogP contribution is 2.52. The lowest BCUT2D eigenvalue weighted by Gasteiger charge is -2.35. The summed E-state index contributed by atoms with van der Waals surface area (Å²) in [6.07, 6.45) is 5.26. The third-order valence-corrected chi connectivity index (χ3v) is 5.41. The van der Waals surface area contributed by atoms with Gasteiger partial charge in [-0.2, -0.15) is 0 Å². The molecule has 2 N–H and O–H groups in total. The lowest BCUT2D eigenvalue weighted by Crippen LogP contribution is -2.41. The largest absolute Gasteiger partial charge is 0.493 e. The third kappa shape index (κ3) is 1.95. The summed E-state index contributed by atoms with van der Waals surface area (Å²) in [6.45, 7) is 2.43. The van der Waals surface area contributed by atoms with Gasteiger partial charge in [0.15, 0.2) is 0 Å². The first kappa shape index (κ1) is 12.7. The van der Waals surface area contributed by atoms with Crippen molar-refractivity contribution < 1.29 is 9.47 Å². The van der Waals surface area contributed by atoms with Crippen LogP contribution >= 0.6 is 0 Å². The van der Waals surface area contributed by atoms with E-state index in [1.165, 1.54) is 18.4 Å². The van der Waals surface area contributed by atoms with E-state index in [9.17, 15) is 0 Å². The highest BCUT2D eigenvalue weighted by molar-refractivity contribution is 5.39. The van der Waals surface area contributed by atoms with Gasteiger partial charge in [0.2, 0.25) is 0 Å². The summed E-state index contributed by atoms with van der Waals surface area (Å²) in [5, 5.41) is 0. The van der Waals surface area contributed by atoms with E-state index in [4.69, 9.17) is 15.2 Å². The highest BCUT2D eigenvalue weighted by Gasteiger charge is 2.51. The fourth-order valence-electron chi connectivity index (χ4n) is 4.15. The second-order valence-corrected chi connectivity index (χ2v) is 6.70. The summed E-state index contributed by atoms with van der Waals surface area (Å²) < 4.78 is 11.9. The number of rotatable bonds is 4. The third-order valence-electron chi connectivity index (χ3n) is 5.41. The normalized spacial score (nSPS) is 35.9. The SMILES string of the molecule is NCC1(CC2COc3ccccc32)CCOC1C1CC1. The standard InChI is InChI=1S/C17H23NO2/c18-11-17(7-8-19-16(17)12-5-6-12)9-13-10-20-15-4-2-1-3-14(13)15/h1-4,12-13,16H,5-11,18H2. The van der Waals surface area contributed by atoms with Gasteiger partial charge in [0.1, 0.15) is 5.75 Å². The maximum Gasteiger partial charge on any atom is 0.122 e. The Labute approximate surface area is 120 Å². The Hall–Kier alpha value is -1.06. The van der Waals surface area contributed by atoms with Gasteiger partial charge in [0, 0.05) is 30.0 Å². The van der Waals surface area contributed by atoms with E-state index in [0.29, 0.717) is 12.0 Å². The molecule has 108 valence electrons. The molecule has 1 aromatic rings. The Balaban J connectivity index is 1.58. The van der Waals surface area contributed by atoms with Crippen molar-refractivity contribution in [2.24, 2.45) is 17.1 Å². The molecular formula is C17H23NO2. The molecule has 2 heterocycles.